The third-order valence-electron chi connectivity index (χ3n) is 4.05. The van der Waals surface area contributed by atoms with E-state index in [1.54, 1.807) is 0 Å². The van der Waals surface area contributed by atoms with Crippen LogP contribution in [0.3, 0.4) is 0 Å². The number of hydrazone groups is 1. The van der Waals surface area contributed by atoms with Gasteiger partial charge in [-0.05, 0) is 11.1 Å². The summed E-state index contributed by atoms with van der Waals surface area (Å²) in [6, 6.07) is 21.4. The van der Waals surface area contributed by atoms with Crippen LogP contribution in [0.25, 0.3) is 0 Å². The first-order valence-electron chi connectivity index (χ1n) is 7.46. The number of hydrogen-bond acceptors (Lipinski definition) is 3. The van der Waals surface area contributed by atoms with Crippen molar-refractivity contribution in [3.05, 3.63) is 71.8 Å². The molecule has 2 aromatic rings. The van der Waals surface area contributed by atoms with Crippen LogP contribution in [-0.4, -0.2) is 23.9 Å². The topological polar surface area (TPSA) is 27.9 Å². The molecule has 0 saturated carbocycles. The van der Waals surface area contributed by atoms with Crippen molar-refractivity contribution in [3.8, 4) is 0 Å². The predicted octanol–water partition coefficient (Wildman–Crippen LogP) is 3.56. The molecule has 3 nitrogen and oxygen atoms in total. The number of ether oxygens (including phenoxy) is 1. The molecule has 21 heavy (non-hydrogen) atoms. The van der Waals surface area contributed by atoms with Gasteiger partial charge in [0.2, 0.25) is 0 Å². The molecule has 3 unspecified atom stereocenters. The largest absolute Gasteiger partial charge is 0.364 e. The second-order valence-corrected chi connectivity index (χ2v) is 5.59. The van der Waals surface area contributed by atoms with Crippen molar-refractivity contribution >= 4 is 6.21 Å². The second kappa shape index (κ2) is 5.34. The summed E-state index contributed by atoms with van der Waals surface area (Å²) in [6.07, 6.45) is 3.44. The minimum absolute atomic E-state index is 0.261. The Bertz CT molecular complexity index is 626. The molecule has 0 spiro atoms. The summed E-state index contributed by atoms with van der Waals surface area (Å²) < 4.78 is 5.71. The molecule has 2 aliphatic rings. The van der Waals surface area contributed by atoms with Gasteiger partial charge in [0, 0.05) is 12.6 Å². The minimum atomic E-state index is 0.261. The SMILES string of the molecule is C(CC1OC1c1ccccc1)=NN1CC1c1ccccc1. The number of benzene rings is 2. The van der Waals surface area contributed by atoms with Gasteiger partial charge in [0.05, 0.1) is 18.7 Å². The Morgan fingerprint density at radius 1 is 1.00 bits per heavy atom. The van der Waals surface area contributed by atoms with Crippen molar-refractivity contribution in [2.24, 2.45) is 5.10 Å². The van der Waals surface area contributed by atoms with Gasteiger partial charge in [-0.3, -0.25) is 5.01 Å². The molecule has 2 saturated heterocycles. The fourth-order valence-electron chi connectivity index (χ4n) is 2.72. The van der Waals surface area contributed by atoms with Crippen molar-refractivity contribution in [3.63, 3.8) is 0 Å². The molecule has 2 aliphatic heterocycles. The molecule has 0 radical (unpaired) electrons. The van der Waals surface area contributed by atoms with E-state index in [-0.39, 0.29) is 6.10 Å². The lowest BCUT2D eigenvalue weighted by Crippen LogP contribution is -1.93. The maximum absolute atomic E-state index is 5.71. The zero-order valence-corrected chi connectivity index (χ0v) is 11.8. The van der Waals surface area contributed by atoms with Crippen LogP contribution in [0.15, 0.2) is 65.8 Å². The lowest BCUT2D eigenvalue weighted by Gasteiger charge is -1.98. The van der Waals surface area contributed by atoms with E-state index in [9.17, 15) is 0 Å². The van der Waals surface area contributed by atoms with Gasteiger partial charge >= 0.3 is 0 Å². The molecule has 2 aromatic carbocycles. The minimum Gasteiger partial charge on any atom is -0.364 e. The van der Waals surface area contributed by atoms with Crippen LogP contribution in [0.5, 0.6) is 0 Å². The molecule has 0 aliphatic carbocycles. The summed E-state index contributed by atoms with van der Waals surface area (Å²) in [7, 11) is 0. The van der Waals surface area contributed by atoms with E-state index >= 15 is 0 Å². The highest BCUT2D eigenvalue weighted by Crippen LogP contribution is 2.40. The first-order chi connectivity index (χ1) is 10.4. The fraction of sp³-hybridized carbons (Fsp3) is 0.278. The molecular formula is C18H18N2O. The van der Waals surface area contributed by atoms with Gasteiger partial charge in [0.15, 0.2) is 0 Å². The molecular weight excluding hydrogens is 260 g/mol. The van der Waals surface area contributed by atoms with E-state index in [0.29, 0.717) is 12.1 Å². The van der Waals surface area contributed by atoms with Crippen LogP contribution < -0.4 is 0 Å². The summed E-state index contributed by atoms with van der Waals surface area (Å²) in [5.41, 5.74) is 2.62. The normalized spacial score (nSPS) is 27.0. The predicted molar refractivity (Wildman–Crippen MR) is 83.1 cm³/mol. The highest BCUT2D eigenvalue weighted by Gasteiger charge is 2.39. The van der Waals surface area contributed by atoms with Gasteiger partial charge in [0.1, 0.15) is 6.10 Å². The number of nitrogens with zero attached hydrogens (tertiary/aromatic N) is 2. The van der Waals surface area contributed by atoms with Gasteiger partial charge in [-0.15, -0.1) is 0 Å². The summed E-state index contributed by atoms with van der Waals surface area (Å²) in [5, 5.41) is 6.65. The first kappa shape index (κ1) is 12.6. The lowest BCUT2D eigenvalue weighted by molar-refractivity contribution is 0.377. The number of hydrogen-bond donors (Lipinski definition) is 0. The highest BCUT2D eigenvalue weighted by molar-refractivity contribution is 5.58. The molecule has 0 bridgehead atoms. The maximum Gasteiger partial charge on any atom is 0.110 e. The van der Waals surface area contributed by atoms with Crippen molar-refractivity contribution in [2.75, 3.05) is 6.54 Å². The van der Waals surface area contributed by atoms with Crippen molar-refractivity contribution in [1.82, 2.24) is 5.01 Å². The summed E-state index contributed by atoms with van der Waals surface area (Å²) in [6.45, 7) is 1.02. The Balaban J connectivity index is 1.26. The molecule has 0 amide bonds. The van der Waals surface area contributed by atoms with Gasteiger partial charge in [-0.25, -0.2) is 0 Å². The standard InChI is InChI=1S/C18H18N2O/c1-3-7-14(8-4-1)16-13-20(16)19-12-11-17-18(21-17)15-9-5-2-6-10-15/h1-10,12,16-18H,11,13H2. The van der Waals surface area contributed by atoms with Crippen molar-refractivity contribution < 1.29 is 4.74 Å². The summed E-state index contributed by atoms with van der Waals surface area (Å²) in [5.74, 6) is 0. The molecule has 4 rings (SSSR count). The van der Waals surface area contributed by atoms with Crippen molar-refractivity contribution in [1.29, 1.82) is 0 Å². The van der Waals surface area contributed by atoms with Gasteiger partial charge in [-0.1, -0.05) is 60.7 Å². The van der Waals surface area contributed by atoms with E-state index in [1.807, 2.05) is 18.3 Å². The zero-order valence-electron chi connectivity index (χ0n) is 11.8. The maximum atomic E-state index is 5.71. The lowest BCUT2D eigenvalue weighted by atomic mass is 10.1. The van der Waals surface area contributed by atoms with Crippen LogP contribution in [-0.2, 0) is 4.74 Å². The average Bonchev–Trinajstić information content (AvgIpc) is 3.45. The molecule has 0 aromatic heterocycles. The average molecular weight is 278 g/mol. The molecule has 2 fully saturated rings. The van der Waals surface area contributed by atoms with Crippen LogP contribution >= 0.6 is 0 Å². The number of epoxide rings is 1. The third kappa shape index (κ3) is 2.83. The van der Waals surface area contributed by atoms with E-state index in [2.05, 4.69) is 58.6 Å². The van der Waals surface area contributed by atoms with Crippen LogP contribution in [0.2, 0.25) is 0 Å². The molecule has 3 atom stereocenters. The Kier molecular flexibility index (Phi) is 3.20. The highest BCUT2D eigenvalue weighted by atomic mass is 16.6. The zero-order chi connectivity index (χ0) is 14.1. The van der Waals surface area contributed by atoms with Crippen LogP contribution in [0, 0.1) is 0 Å². The molecule has 0 N–H and O–H groups in total. The quantitative estimate of drug-likeness (QED) is 0.618. The van der Waals surface area contributed by atoms with E-state index < -0.39 is 0 Å². The monoisotopic (exact) mass is 278 g/mol. The van der Waals surface area contributed by atoms with E-state index in [0.717, 1.165) is 13.0 Å². The van der Waals surface area contributed by atoms with E-state index in [1.165, 1.54) is 11.1 Å². The summed E-state index contributed by atoms with van der Waals surface area (Å²) in [4.78, 5) is 0. The van der Waals surface area contributed by atoms with Crippen molar-refractivity contribution in [2.45, 2.75) is 24.7 Å². The van der Waals surface area contributed by atoms with Crippen LogP contribution in [0.4, 0.5) is 0 Å². The fourth-order valence-corrected chi connectivity index (χ4v) is 2.72. The molecule has 2 heterocycles. The summed E-state index contributed by atoms with van der Waals surface area (Å²) >= 11 is 0. The van der Waals surface area contributed by atoms with E-state index in [4.69, 9.17) is 4.74 Å². The Morgan fingerprint density at radius 2 is 1.67 bits per heavy atom. The van der Waals surface area contributed by atoms with Gasteiger partial charge < -0.3 is 4.74 Å². The smallest absolute Gasteiger partial charge is 0.110 e. The Morgan fingerprint density at radius 3 is 2.38 bits per heavy atom. The Hall–Kier alpha value is -2.13. The molecule has 3 heteroatoms. The molecule has 106 valence electrons. The first-order valence-corrected chi connectivity index (χ1v) is 7.46. The second-order valence-electron chi connectivity index (χ2n) is 5.59. The number of rotatable bonds is 5. The van der Waals surface area contributed by atoms with Gasteiger partial charge in [0.25, 0.3) is 0 Å². The van der Waals surface area contributed by atoms with Gasteiger partial charge in [-0.2, -0.15) is 5.10 Å². The van der Waals surface area contributed by atoms with Crippen LogP contribution in [0.1, 0.15) is 29.7 Å². The third-order valence-corrected chi connectivity index (χ3v) is 4.05. The Labute approximate surface area is 124 Å².